The van der Waals surface area contributed by atoms with E-state index in [1.165, 1.54) is 0 Å². The third-order valence-corrected chi connectivity index (χ3v) is 2.30. The number of nitrogens with one attached hydrogen (secondary N) is 1. The van der Waals surface area contributed by atoms with Gasteiger partial charge in [-0.25, -0.2) is 9.97 Å². The number of aryl methyl sites for hydroxylation is 1. The highest BCUT2D eigenvalue weighted by atomic mass is 16.5. The average molecular weight is 218 g/mol. The molecule has 0 aliphatic carbocycles. The number of aromatic nitrogens is 3. The van der Waals surface area contributed by atoms with Crippen LogP contribution in [-0.2, 0) is 13.6 Å². The molecule has 0 aliphatic heterocycles. The van der Waals surface area contributed by atoms with Gasteiger partial charge in [0.2, 0.25) is 11.8 Å². The summed E-state index contributed by atoms with van der Waals surface area (Å²) >= 11 is 0. The summed E-state index contributed by atoms with van der Waals surface area (Å²) in [7, 11) is 3.56. The summed E-state index contributed by atoms with van der Waals surface area (Å²) in [5.74, 6) is 1.47. The Hall–Kier alpha value is -2.04. The van der Waals surface area contributed by atoms with Crippen molar-refractivity contribution in [3.63, 3.8) is 0 Å². The highest BCUT2D eigenvalue weighted by Crippen LogP contribution is 2.14. The van der Waals surface area contributed by atoms with Gasteiger partial charge in [-0.3, -0.25) is 0 Å². The third-order valence-electron chi connectivity index (χ3n) is 2.30. The van der Waals surface area contributed by atoms with E-state index in [4.69, 9.17) is 4.74 Å². The number of nitrogens with zero attached hydrogens (tertiary/aromatic N) is 3. The molecule has 5 nitrogen and oxygen atoms in total. The summed E-state index contributed by atoms with van der Waals surface area (Å²) in [6, 6.07) is 3.86. The highest BCUT2D eigenvalue weighted by Gasteiger charge is 2.04. The zero-order valence-corrected chi connectivity index (χ0v) is 9.34. The molecule has 2 aromatic heterocycles. The van der Waals surface area contributed by atoms with Gasteiger partial charge in [-0.05, 0) is 6.07 Å². The van der Waals surface area contributed by atoms with Gasteiger partial charge in [0.05, 0.1) is 7.11 Å². The standard InChI is InChI=1S/C11H14N4O/c1-15-7-6-13-11(15)14-8-9-4-3-5-12-10(9)16-2/h3-7H,8H2,1-2H3,(H,13,14). The third kappa shape index (κ3) is 2.13. The van der Waals surface area contributed by atoms with E-state index in [2.05, 4.69) is 15.3 Å². The van der Waals surface area contributed by atoms with Gasteiger partial charge in [0, 0.05) is 37.7 Å². The van der Waals surface area contributed by atoms with Gasteiger partial charge in [0.25, 0.3) is 0 Å². The Kier molecular flexibility index (Phi) is 3.05. The van der Waals surface area contributed by atoms with E-state index >= 15 is 0 Å². The fourth-order valence-corrected chi connectivity index (χ4v) is 1.45. The van der Waals surface area contributed by atoms with Crippen molar-refractivity contribution in [3.8, 4) is 5.88 Å². The lowest BCUT2D eigenvalue weighted by Gasteiger charge is -2.08. The Morgan fingerprint density at radius 1 is 1.38 bits per heavy atom. The maximum atomic E-state index is 5.17. The first kappa shape index (κ1) is 10.5. The van der Waals surface area contributed by atoms with Crippen LogP contribution in [0.15, 0.2) is 30.7 Å². The molecule has 0 fully saturated rings. The van der Waals surface area contributed by atoms with Crippen molar-refractivity contribution in [3.05, 3.63) is 36.3 Å². The summed E-state index contributed by atoms with van der Waals surface area (Å²) in [6.07, 6.45) is 5.36. The molecule has 84 valence electrons. The monoisotopic (exact) mass is 218 g/mol. The quantitative estimate of drug-likeness (QED) is 0.843. The van der Waals surface area contributed by atoms with Crippen LogP contribution in [-0.4, -0.2) is 21.6 Å². The summed E-state index contributed by atoms with van der Waals surface area (Å²) < 4.78 is 7.09. The summed E-state index contributed by atoms with van der Waals surface area (Å²) in [4.78, 5) is 8.31. The number of methoxy groups -OCH3 is 1. The minimum atomic E-state index is 0.641. The molecule has 0 radical (unpaired) electrons. The van der Waals surface area contributed by atoms with E-state index in [1.807, 2.05) is 29.9 Å². The Morgan fingerprint density at radius 2 is 2.25 bits per heavy atom. The van der Waals surface area contributed by atoms with E-state index in [1.54, 1.807) is 19.5 Å². The minimum Gasteiger partial charge on any atom is -0.481 e. The first-order valence-electron chi connectivity index (χ1n) is 5.00. The van der Waals surface area contributed by atoms with Crippen molar-refractivity contribution in [1.29, 1.82) is 0 Å². The molecule has 0 atom stereocenters. The van der Waals surface area contributed by atoms with Gasteiger partial charge < -0.3 is 14.6 Å². The molecule has 2 aromatic rings. The molecule has 0 saturated heterocycles. The van der Waals surface area contributed by atoms with Crippen LogP contribution >= 0.6 is 0 Å². The fourth-order valence-electron chi connectivity index (χ4n) is 1.45. The first-order valence-corrected chi connectivity index (χ1v) is 5.00. The molecule has 0 unspecified atom stereocenters. The molecule has 0 bridgehead atoms. The number of hydrogen-bond donors (Lipinski definition) is 1. The van der Waals surface area contributed by atoms with E-state index in [-0.39, 0.29) is 0 Å². The number of hydrogen-bond acceptors (Lipinski definition) is 4. The second kappa shape index (κ2) is 4.65. The lowest BCUT2D eigenvalue weighted by molar-refractivity contribution is 0.393. The van der Waals surface area contributed by atoms with Crippen LogP contribution in [0.25, 0.3) is 0 Å². The molecular weight excluding hydrogens is 204 g/mol. The molecule has 5 heteroatoms. The predicted octanol–water partition coefficient (Wildman–Crippen LogP) is 1.44. The fraction of sp³-hybridized carbons (Fsp3) is 0.273. The normalized spacial score (nSPS) is 10.1. The van der Waals surface area contributed by atoms with Crippen molar-refractivity contribution >= 4 is 5.95 Å². The number of pyridine rings is 1. The van der Waals surface area contributed by atoms with E-state index in [0.717, 1.165) is 11.5 Å². The molecule has 0 aromatic carbocycles. The van der Waals surface area contributed by atoms with Crippen LogP contribution in [0.5, 0.6) is 5.88 Å². The minimum absolute atomic E-state index is 0.641. The van der Waals surface area contributed by atoms with E-state index in [0.29, 0.717) is 12.4 Å². The highest BCUT2D eigenvalue weighted by molar-refractivity contribution is 5.32. The van der Waals surface area contributed by atoms with Crippen LogP contribution in [0.2, 0.25) is 0 Å². The number of imidazole rings is 1. The smallest absolute Gasteiger partial charge is 0.218 e. The molecular formula is C11H14N4O. The summed E-state index contributed by atoms with van der Waals surface area (Å²) in [5.41, 5.74) is 1.01. The van der Waals surface area contributed by atoms with Gasteiger partial charge in [-0.2, -0.15) is 0 Å². The maximum Gasteiger partial charge on any atom is 0.218 e. The van der Waals surface area contributed by atoms with Gasteiger partial charge in [-0.15, -0.1) is 0 Å². The molecule has 0 amide bonds. The molecule has 1 N–H and O–H groups in total. The average Bonchev–Trinajstić information content (AvgIpc) is 2.72. The first-order chi connectivity index (χ1) is 7.81. The van der Waals surface area contributed by atoms with Crippen molar-refractivity contribution < 1.29 is 4.74 Å². The second-order valence-corrected chi connectivity index (χ2v) is 3.39. The SMILES string of the molecule is COc1ncccc1CNc1nccn1C. The summed E-state index contributed by atoms with van der Waals surface area (Å²) in [6.45, 7) is 0.641. The summed E-state index contributed by atoms with van der Waals surface area (Å²) in [5, 5.41) is 3.22. The van der Waals surface area contributed by atoms with E-state index in [9.17, 15) is 0 Å². The topological polar surface area (TPSA) is 52.0 Å². The van der Waals surface area contributed by atoms with Crippen LogP contribution in [0.4, 0.5) is 5.95 Å². The molecule has 16 heavy (non-hydrogen) atoms. The Morgan fingerprint density at radius 3 is 2.94 bits per heavy atom. The Bertz CT molecular complexity index is 467. The van der Waals surface area contributed by atoms with Crippen LogP contribution in [0.3, 0.4) is 0 Å². The Balaban J connectivity index is 2.07. The van der Waals surface area contributed by atoms with Gasteiger partial charge in [0.15, 0.2) is 0 Å². The van der Waals surface area contributed by atoms with Crippen LogP contribution < -0.4 is 10.1 Å². The number of rotatable bonds is 4. The predicted molar refractivity (Wildman–Crippen MR) is 61.3 cm³/mol. The molecule has 2 heterocycles. The lowest BCUT2D eigenvalue weighted by atomic mass is 10.3. The van der Waals surface area contributed by atoms with Crippen molar-refractivity contribution in [2.75, 3.05) is 12.4 Å². The van der Waals surface area contributed by atoms with Crippen LogP contribution in [0.1, 0.15) is 5.56 Å². The molecule has 0 aliphatic rings. The van der Waals surface area contributed by atoms with Gasteiger partial charge >= 0.3 is 0 Å². The Labute approximate surface area is 94.1 Å². The largest absolute Gasteiger partial charge is 0.481 e. The molecule has 2 rings (SSSR count). The van der Waals surface area contributed by atoms with Gasteiger partial charge in [-0.1, -0.05) is 6.07 Å². The zero-order valence-electron chi connectivity index (χ0n) is 9.34. The second-order valence-electron chi connectivity index (χ2n) is 3.39. The number of anilines is 1. The number of ether oxygens (including phenoxy) is 1. The van der Waals surface area contributed by atoms with Crippen molar-refractivity contribution in [2.45, 2.75) is 6.54 Å². The van der Waals surface area contributed by atoms with Gasteiger partial charge in [0.1, 0.15) is 0 Å². The van der Waals surface area contributed by atoms with Crippen LogP contribution in [0, 0.1) is 0 Å². The lowest BCUT2D eigenvalue weighted by Crippen LogP contribution is -2.06. The maximum absolute atomic E-state index is 5.17. The molecule has 0 spiro atoms. The van der Waals surface area contributed by atoms with Crippen molar-refractivity contribution in [1.82, 2.24) is 14.5 Å². The zero-order chi connectivity index (χ0) is 11.4. The molecule has 0 saturated carbocycles. The van der Waals surface area contributed by atoms with Crippen molar-refractivity contribution in [2.24, 2.45) is 7.05 Å². The van der Waals surface area contributed by atoms with E-state index < -0.39 is 0 Å².